The van der Waals surface area contributed by atoms with Crippen LogP contribution in [0, 0.1) is 10.8 Å². The Bertz CT molecular complexity index is 339. The van der Waals surface area contributed by atoms with Crippen LogP contribution in [0.5, 0.6) is 0 Å². The van der Waals surface area contributed by atoms with Gasteiger partial charge in [0.15, 0.2) is 0 Å². The van der Waals surface area contributed by atoms with Gasteiger partial charge in [0.2, 0.25) is 0 Å². The monoisotopic (exact) mass is 286 g/mol. The van der Waals surface area contributed by atoms with Crippen molar-refractivity contribution in [1.82, 2.24) is 0 Å². The minimum Gasteiger partial charge on any atom is -0.463 e. The summed E-state index contributed by atoms with van der Waals surface area (Å²) in [7, 11) is 0. The molecule has 0 aromatic rings. The molecule has 0 aromatic heterocycles. The van der Waals surface area contributed by atoms with E-state index in [1.807, 2.05) is 0 Å². The molecule has 0 rings (SSSR count). The predicted octanol–water partition coefficient (Wildman–Crippen LogP) is 2.35. The molecule has 0 heterocycles. The summed E-state index contributed by atoms with van der Waals surface area (Å²) in [4.78, 5) is 22.8. The Morgan fingerprint density at radius 2 is 1.60 bits per heavy atom. The lowest BCUT2D eigenvalue weighted by molar-refractivity contribution is -0.161. The standard InChI is InChI=1S/C15H26O5/c1-7-12(16)20-11-15(5,6)13(17)19-9-8-18-10-14(2,3)4/h7H,1,8-11H2,2-6H3. The Morgan fingerprint density at radius 3 is 2.10 bits per heavy atom. The van der Waals surface area contributed by atoms with Crippen molar-refractivity contribution < 1.29 is 23.8 Å². The second kappa shape index (κ2) is 8.04. The fourth-order valence-corrected chi connectivity index (χ4v) is 1.14. The van der Waals surface area contributed by atoms with E-state index in [2.05, 4.69) is 27.4 Å². The van der Waals surface area contributed by atoms with Gasteiger partial charge in [-0.3, -0.25) is 4.79 Å². The van der Waals surface area contributed by atoms with Gasteiger partial charge in [0.25, 0.3) is 0 Å². The lowest BCUT2D eigenvalue weighted by Gasteiger charge is -2.22. The van der Waals surface area contributed by atoms with Crippen LogP contribution in [0.15, 0.2) is 12.7 Å². The molecule has 0 fully saturated rings. The van der Waals surface area contributed by atoms with Gasteiger partial charge in [-0.2, -0.15) is 0 Å². The van der Waals surface area contributed by atoms with Crippen molar-refractivity contribution in [2.75, 3.05) is 26.4 Å². The Hall–Kier alpha value is -1.36. The molecule has 0 aromatic carbocycles. The number of hydrogen-bond acceptors (Lipinski definition) is 5. The second-order valence-electron chi connectivity index (χ2n) is 6.44. The van der Waals surface area contributed by atoms with E-state index >= 15 is 0 Å². The zero-order chi connectivity index (χ0) is 15.8. The van der Waals surface area contributed by atoms with Crippen LogP contribution in [-0.4, -0.2) is 38.4 Å². The Kier molecular flexibility index (Phi) is 7.50. The summed E-state index contributed by atoms with van der Waals surface area (Å²) >= 11 is 0. The van der Waals surface area contributed by atoms with E-state index in [1.54, 1.807) is 13.8 Å². The quantitative estimate of drug-likeness (QED) is 0.389. The minimum absolute atomic E-state index is 0.0421. The average Bonchev–Trinajstić information content (AvgIpc) is 2.33. The number of hydrogen-bond donors (Lipinski definition) is 0. The van der Waals surface area contributed by atoms with Gasteiger partial charge in [-0.15, -0.1) is 0 Å². The molecular formula is C15H26O5. The molecule has 0 aliphatic carbocycles. The van der Waals surface area contributed by atoms with Gasteiger partial charge in [-0.05, 0) is 19.3 Å². The minimum atomic E-state index is -0.886. The molecule has 5 nitrogen and oxygen atoms in total. The Morgan fingerprint density at radius 1 is 1.00 bits per heavy atom. The van der Waals surface area contributed by atoms with Gasteiger partial charge in [0.05, 0.1) is 18.6 Å². The lowest BCUT2D eigenvalue weighted by Crippen LogP contribution is -2.33. The van der Waals surface area contributed by atoms with Crippen LogP contribution in [0.4, 0.5) is 0 Å². The summed E-state index contributed by atoms with van der Waals surface area (Å²) in [6, 6.07) is 0. The van der Waals surface area contributed by atoms with E-state index < -0.39 is 17.4 Å². The molecule has 0 bridgehead atoms. The van der Waals surface area contributed by atoms with E-state index in [0.717, 1.165) is 6.08 Å². The maximum absolute atomic E-state index is 11.8. The zero-order valence-corrected chi connectivity index (χ0v) is 13.2. The summed E-state index contributed by atoms with van der Waals surface area (Å²) in [5.41, 5.74) is -0.801. The summed E-state index contributed by atoms with van der Waals surface area (Å²) in [6.07, 6.45) is 1.06. The van der Waals surface area contributed by atoms with E-state index in [0.29, 0.717) is 13.2 Å². The van der Waals surface area contributed by atoms with Crippen LogP contribution in [-0.2, 0) is 23.8 Å². The van der Waals surface area contributed by atoms with Crippen LogP contribution >= 0.6 is 0 Å². The van der Waals surface area contributed by atoms with Crippen LogP contribution < -0.4 is 0 Å². The molecule has 0 aliphatic heterocycles. The highest BCUT2D eigenvalue weighted by Gasteiger charge is 2.31. The molecule has 0 saturated heterocycles. The van der Waals surface area contributed by atoms with Crippen molar-refractivity contribution in [3.8, 4) is 0 Å². The van der Waals surface area contributed by atoms with Crippen molar-refractivity contribution in [2.45, 2.75) is 34.6 Å². The normalized spacial score (nSPS) is 11.8. The SMILES string of the molecule is C=CC(=O)OCC(C)(C)C(=O)OCCOCC(C)(C)C. The number of carbonyl (C=O) groups is 2. The molecule has 0 spiro atoms. The lowest BCUT2D eigenvalue weighted by atomic mass is 9.95. The fraction of sp³-hybridized carbons (Fsp3) is 0.733. The highest BCUT2D eigenvalue weighted by Crippen LogP contribution is 2.18. The molecule has 0 radical (unpaired) electrons. The van der Waals surface area contributed by atoms with Gasteiger partial charge in [-0.1, -0.05) is 27.4 Å². The van der Waals surface area contributed by atoms with Gasteiger partial charge in [0, 0.05) is 6.08 Å². The van der Waals surface area contributed by atoms with Crippen molar-refractivity contribution in [2.24, 2.45) is 10.8 Å². The average molecular weight is 286 g/mol. The van der Waals surface area contributed by atoms with Gasteiger partial charge < -0.3 is 14.2 Å². The van der Waals surface area contributed by atoms with Crippen LogP contribution in [0.3, 0.4) is 0 Å². The maximum atomic E-state index is 11.8. The molecular weight excluding hydrogens is 260 g/mol. The van der Waals surface area contributed by atoms with Crippen molar-refractivity contribution in [1.29, 1.82) is 0 Å². The van der Waals surface area contributed by atoms with Gasteiger partial charge >= 0.3 is 11.9 Å². The summed E-state index contributed by atoms with van der Waals surface area (Å²) in [5, 5.41) is 0. The van der Waals surface area contributed by atoms with Crippen molar-refractivity contribution >= 4 is 11.9 Å². The van der Waals surface area contributed by atoms with Crippen molar-refractivity contribution in [3.05, 3.63) is 12.7 Å². The number of esters is 2. The fourth-order valence-electron chi connectivity index (χ4n) is 1.14. The molecule has 5 heteroatoms. The third-order valence-corrected chi connectivity index (χ3v) is 2.29. The van der Waals surface area contributed by atoms with Gasteiger partial charge in [0.1, 0.15) is 13.2 Å². The molecule has 20 heavy (non-hydrogen) atoms. The topological polar surface area (TPSA) is 61.8 Å². The summed E-state index contributed by atoms with van der Waals surface area (Å²) in [5.74, 6) is -0.979. The number of rotatable bonds is 8. The first-order chi connectivity index (χ1) is 9.08. The van der Waals surface area contributed by atoms with E-state index in [9.17, 15) is 9.59 Å². The van der Waals surface area contributed by atoms with E-state index in [4.69, 9.17) is 14.2 Å². The predicted molar refractivity (Wildman–Crippen MR) is 76.2 cm³/mol. The molecule has 116 valence electrons. The third-order valence-electron chi connectivity index (χ3n) is 2.29. The maximum Gasteiger partial charge on any atom is 0.330 e. The van der Waals surface area contributed by atoms with Gasteiger partial charge in [-0.25, -0.2) is 4.79 Å². The molecule has 0 N–H and O–H groups in total. The summed E-state index contributed by atoms with van der Waals surface area (Å²) in [6.45, 7) is 13.9. The molecule has 0 unspecified atom stereocenters. The van der Waals surface area contributed by atoms with Crippen LogP contribution in [0.25, 0.3) is 0 Å². The van der Waals surface area contributed by atoms with Crippen LogP contribution in [0.2, 0.25) is 0 Å². The van der Waals surface area contributed by atoms with E-state index in [-0.39, 0.29) is 18.6 Å². The largest absolute Gasteiger partial charge is 0.463 e. The molecule has 0 amide bonds. The first kappa shape index (κ1) is 18.6. The first-order valence-corrected chi connectivity index (χ1v) is 6.63. The third kappa shape index (κ3) is 8.69. The number of ether oxygens (including phenoxy) is 3. The highest BCUT2D eigenvalue weighted by molar-refractivity contribution is 5.82. The van der Waals surface area contributed by atoms with E-state index in [1.165, 1.54) is 0 Å². The Labute approximate surface area is 121 Å². The highest BCUT2D eigenvalue weighted by atomic mass is 16.6. The smallest absolute Gasteiger partial charge is 0.330 e. The molecule has 0 aliphatic rings. The number of carbonyl (C=O) groups excluding carboxylic acids is 2. The zero-order valence-electron chi connectivity index (χ0n) is 13.2. The second-order valence-corrected chi connectivity index (χ2v) is 6.44. The molecule has 0 saturated carbocycles. The Balaban J connectivity index is 3.95. The van der Waals surface area contributed by atoms with Crippen LogP contribution in [0.1, 0.15) is 34.6 Å². The summed E-state index contributed by atoms with van der Waals surface area (Å²) < 4.78 is 15.4. The first-order valence-electron chi connectivity index (χ1n) is 6.63. The molecule has 0 atom stereocenters. The van der Waals surface area contributed by atoms with Crippen molar-refractivity contribution in [3.63, 3.8) is 0 Å².